The maximum absolute atomic E-state index is 6.11. The first-order valence-corrected chi connectivity index (χ1v) is 7.43. The highest BCUT2D eigenvalue weighted by Crippen LogP contribution is 2.20. The molecule has 17 heavy (non-hydrogen) atoms. The van der Waals surface area contributed by atoms with Crippen LogP contribution in [0.3, 0.4) is 0 Å². The molecule has 0 fully saturated rings. The normalized spacial score (nSPS) is 12.6. The first-order valence-electron chi connectivity index (χ1n) is 5.56. The second-order valence-corrected chi connectivity index (χ2v) is 6.12. The van der Waals surface area contributed by atoms with Crippen LogP contribution in [-0.4, -0.2) is 16.8 Å². The first-order chi connectivity index (χ1) is 8.24. The van der Waals surface area contributed by atoms with Crippen molar-refractivity contribution in [1.82, 2.24) is 4.98 Å². The van der Waals surface area contributed by atoms with Gasteiger partial charge < -0.3 is 5.73 Å². The molecule has 1 aromatic heterocycles. The van der Waals surface area contributed by atoms with Gasteiger partial charge in [0.2, 0.25) is 0 Å². The van der Waals surface area contributed by atoms with E-state index in [1.165, 1.54) is 15.3 Å². The van der Waals surface area contributed by atoms with Gasteiger partial charge in [-0.05, 0) is 25.5 Å². The van der Waals surface area contributed by atoms with Crippen molar-refractivity contribution in [3.05, 3.63) is 46.4 Å². The average Bonchev–Trinajstić information content (AvgIpc) is 2.79. The van der Waals surface area contributed by atoms with E-state index in [2.05, 4.69) is 36.2 Å². The minimum atomic E-state index is 0.195. The molecular weight excluding hydrogens is 248 g/mol. The summed E-state index contributed by atoms with van der Waals surface area (Å²) in [6.07, 6.45) is 2.82. The number of benzene rings is 1. The van der Waals surface area contributed by atoms with Crippen LogP contribution in [0.2, 0.25) is 0 Å². The van der Waals surface area contributed by atoms with Crippen LogP contribution in [0.25, 0.3) is 0 Å². The molecule has 1 unspecified atom stereocenters. The molecule has 90 valence electrons. The summed E-state index contributed by atoms with van der Waals surface area (Å²) in [4.78, 5) is 6.62. The van der Waals surface area contributed by atoms with Crippen molar-refractivity contribution in [2.45, 2.75) is 24.3 Å². The summed E-state index contributed by atoms with van der Waals surface area (Å²) in [6.45, 7) is 2.11. The number of rotatable bonds is 5. The van der Waals surface area contributed by atoms with E-state index in [-0.39, 0.29) is 6.04 Å². The van der Waals surface area contributed by atoms with E-state index in [1.54, 1.807) is 11.3 Å². The number of hydrogen-bond donors (Lipinski definition) is 1. The molecular formula is C13H16N2S2. The third-order valence-electron chi connectivity index (χ3n) is 2.40. The van der Waals surface area contributed by atoms with Crippen LogP contribution < -0.4 is 5.73 Å². The molecule has 0 bridgehead atoms. The fourth-order valence-corrected chi connectivity index (χ4v) is 3.23. The lowest BCUT2D eigenvalue weighted by atomic mass is 10.2. The second kappa shape index (κ2) is 6.19. The van der Waals surface area contributed by atoms with Crippen molar-refractivity contribution in [3.63, 3.8) is 0 Å². The quantitative estimate of drug-likeness (QED) is 0.843. The Balaban J connectivity index is 1.82. The third-order valence-corrected chi connectivity index (χ3v) is 4.38. The molecule has 0 saturated heterocycles. The molecule has 4 heteroatoms. The predicted molar refractivity (Wildman–Crippen MR) is 75.7 cm³/mol. The Morgan fingerprint density at radius 3 is 3.06 bits per heavy atom. The molecule has 0 spiro atoms. The fourth-order valence-electron chi connectivity index (χ4n) is 1.57. The molecule has 2 aromatic rings. The van der Waals surface area contributed by atoms with Crippen molar-refractivity contribution in [2.75, 3.05) is 5.75 Å². The minimum absolute atomic E-state index is 0.195. The van der Waals surface area contributed by atoms with Gasteiger partial charge in [0.25, 0.3) is 0 Å². The number of thiazole rings is 1. The summed E-state index contributed by atoms with van der Waals surface area (Å²) in [6, 6.07) is 8.73. The fraction of sp³-hybridized carbons (Fsp3) is 0.308. The highest BCUT2D eigenvalue weighted by Gasteiger charge is 2.06. The van der Waals surface area contributed by atoms with Crippen molar-refractivity contribution < 1.29 is 0 Å². The van der Waals surface area contributed by atoms with Gasteiger partial charge in [-0.1, -0.05) is 17.7 Å². The average molecular weight is 264 g/mol. The van der Waals surface area contributed by atoms with Gasteiger partial charge in [0, 0.05) is 27.8 Å². The van der Waals surface area contributed by atoms with E-state index in [0.29, 0.717) is 0 Å². The summed E-state index contributed by atoms with van der Waals surface area (Å²) in [5.74, 6) is 0.946. The van der Waals surface area contributed by atoms with Crippen LogP contribution in [0.15, 0.2) is 40.9 Å². The van der Waals surface area contributed by atoms with Crippen molar-refractivity contribution >= 4 is 23.1 Å². The van der Waals surface area contributed by atoms with E-state index in [4.69, 9.17) is 5.73 Å². The van der Waals surface area contributed by atoms with Gasteiger partial charge in [0.1, 0.15) is 0 Å². The van der Waals surface area contributed by atoms with Crippen molar-refractivity contribution in [1.29, 1.82) is 0 Å². The van der Waals surface area contributed by atoms with Crippen molar-refractivity contribution in [3.8, 4) is 0 Å². The Labute approximate surface area is 110 Å². The molecule has 0 aliphatic carbocycles. The summed E-state index contributed by atoms with van der Waals surface area (Å²) in [7, 11) is 0. The monoisotopic (exact) mass is 264 g/mol. The first kappa shape index (κ1) is 12.6. The van der Waals surface area contributed by atoms with Gasteiger partial charge >= 0.3 is 0 Å². The number of aryl methyl sites for hydroxylation is 1. The summed E-state index contributed by atoms with van der Waals surface area (Å²) >= 11 is 3.50. The number of nitrogens with two attached hydrogens (primary N) is 1. The number of nitrogens with zero attached hydrogens (tertiary/aromatic N) is 1. The molecule has 0 amide bonds. The smallest absolute Gasteiger partial charge is 0.0794 e. The summed E-state index contributed by atoms with van der Waals surface area (Å²) < 4.78 is 0. The Hall–Kier alpha value is -0.840. The lowest BCUT2D eigenvalue weighted by Crippen LogP contribution is -2.25. The standard InChI is InChI=1S/C13H16N2S2/c1-10-3-2-4-12(5-10)16-8-11(14)6-13-7-15-9-17-13/h2-5,7,9,11H,6,8,14H2,1H3. The van der Waals surface area contributed by atoms with Gasteiger partial charge in [0.15, 0.2) is 0 Å². The largest absolute Gasteiger partial charge is 0.327 e. The van der Waals surface area contributed by atoms with Crippen LogP contribution in [-0.2, 0) is 6.42 Å². The zero-order valence-electron chi connectivity index (χ0n) is 9.80. The molecule has 1 atom stereocenters. The van der Waals surface area contributed by atoms with E-state index >= 15 is 0 Å². The highest BCUT2D eigenvalue weighted by molar-refractivity contribution is 7.99. The molecule has 1 heterocycles. The topological polar surface area (TPSA) is 38.9 Å². The minimum Gasteiger partial charge on any atom is -0.327 e. The van der Waals surface area contributed by atoms with Crippen LogP contribution in [0.5, 0.6) is 0 Å². The van der Waals surface area contributed by atoms with E-state index < -0.39 is 0 Å². The molecule has 1 aromatic carbocycles. The summed E-state index contributed by atoms with van der Waals surface area (Å²) in [5.41, 5.74) is 9.26. The zero-order valence-corrected chi connectivity index (χ0v) is 11.4. The SMILES string of the molecule is Cc1cccc(SCC(N)Cc2cncs2)c1. The molecule has 0 radical (unpaired) electrons. The van der Waals surface area contributed by atoms with E-state index in [1.807, 2.05) is 23.5 Å². The molecule has 2 N–H and O–H groups in total. The van der Waals surface area contributed by atoms with Gasteiger partial charge in [0.05, 0.1) is 5.51 Å². The molecule has 0 aliphatic rings. The van der Waals surface area contributed by atoms with E-state index in [9.17, 15) is 0 Å². The zero-order chi connectivity index (χ0) is 12.1. The van der Waals surface area contributed by atoms with Crippen LogP contribution in [0.1, 0.15) is 10.4 Å². The van der Waals surface area contributed by atoms with Crippen molar-refractivity contribution in [2.24, 2.45) is 5.73 Å². The lowest BCUT2D eigenvalue weighted by Gasteiger charge is -2.09. The Morgan fingerprint density at radius 2 is 2.35 bits per heavy atom. The van der Waals surface area contributed by atoms with Gasteiger partial charge in [-0.2, -0.15) is 0 Å². The number of thioether (sulfide) groups is 1. The highest BCUT2D eigenvalue weighted by atomic mass is 32.2. The Bertz CT molecular complexity index is 454. The van der Waals surface area contributed by atoms with Crippen LogP contribution >= 0.6 is 23.1 Å². The van der Waals surface area contributed by atoms with Gasteiger partial charge in [-0.3, -0.25) is 4.98 Å². The maximum atomic E-state index is 6.11. The summed E-state index contributed by atoms with van der Waals surface area (Å²) in [5, 5.41) is 0. The van der Waals surface area contributed by atoms with Crippen LogP contribution in [0.4, 0.5) is 0 Å². The molecule has 0 saturated carbocycles. The van der Waals surface area contributed by atoms with E-state index in [0.717, 1.165) is 12.2 Å². The number of hydrogen-bond acceptors (Lipinski definition) is 4. The number of aromatic nitrogens is 1. The van der Waals surface area contributed by atoms with Crippen LogP contribution in [0, 0.1) is 6.92 Å². The molecule has 0 aliphatic heterocycles. The Kier molecular flexibility index (Phi) is 4.59. The predicted octanol–water partition coefficient (Wildman–Crippen LogP) is 3.11. The molecule has 2 rings (SSSR count). The third kappa shape index (κ3) is 4.15. The van der Waals surface area contributed by atoms with Gasteiger partial charge in [-0.15, -0.1) is 23.1 Å². The second-order valence-electron chi connectivity index (χ2n) is 4.06. The lowest BCUT2D eigenvalue weighted by molar-refractivity contribution is 0.756. The Morgan fingerprint density at radius 1 is 1.47 bits per heavy atom. The molecule has 2 nitrogen and oxygen atoms in total. The maximum Gasteiger partial charge on any atom is 0.0794 e. The van der Waals surface area contributed by atoms with Gasteiger partial charge in [-0.25, -0.2) is 0 Å².